The van der Waals surface area contributed by atoms with Crippen LogP contribution in [0.3, 0.4) is 0 Å². The standard InChI is InChI=1S/C23H25F2NO3S/c1-15-5-6-18-12-16(3-2-4-17(18)11-15)13-22(28)30-14-21(27)26-19-7-9-20(10-8-19)29-23(24)25/h5-11,16,23H,2-4,12-14H2,1H3,(H,26,27). The van der Waals surface area contributed by atoms with Crippen molar-refractivity contribution in [2.75, 3.05) is 11.1 Å². The lowest BCUT2D eigenvalue weighted by atomic mass is 9.94. The molecule has 1 N–H and O–H groups in total. The molecule has 0 spiro atoms. The Hall–Kier alpha value is -2.41. The Kier molecular flexibility index (Phi) is 7.85. The molecule has 1 aliphatic rings. The van der Waals surface area contributed by atoms with E-state index >= 15 is 0 Å². The molecule has 0 saturated carbocycles. The average Bonchev–Trinajstić information content (AvgIpc) is 2.89. The largest absolute Gasteiger partial charge is 0.435 e. The number of rotatable bonds is 7. The van der Waals surface area contributed by atoms with Crippen LogP contribution in [0.5, 0.6) is 5.75 Å². The van der Waals surface area contributed by atoms with Crippen LogP contribution < -0.4 is 10.1 Å². The number of benzene rings is 2. The molecule has 4 nitrogen and oxygen atoms in total. The molecular weight excluding hydrogens is 408 g/mol. The van der Waals surface area contributed by atoms with Gasteiger partial charge in [0, 0.05) is 12.1 Å². The van der Waals surface area contributed by atoms with Gasteiger partial charge in [-0.3, -0.25) is 9.59 Å². The number of carbonyl (C=O) groups excluding carboxylic acids is 2. The zero-order valence-corrected chi connectivity index (χ0v) is 17.6. The van der Waals surface area contributed by atoms with E-state index in [1.807, 2.05) is 0 Å². The minimum absolute atomic E-state index is 0.0198. The molecule has 0 heterocycles. The molecule has 0 radical (unpaired) electrons. The lowest BCUT2D eigenvalue weighted by Crippen LogP contribution is -2.16. The quantitative estimate of drug-likeness (QED) is 0.596. The highest BCUT2D eigenvalue weighted by atomic mass is 32.2. The van der Waals surface area contributed by atoms with Gasteiger partial charge in [0.1, 0.15) is 5.75 Å². The maximum absolute atomic E-state index is 12.4. The molecule has 2 aromatic rings. The van der Waals surface area contributed by atoms with Crippen molar-refractivity contribution in [3.63, 3.8) is 0 Å². The van der Waals surface area contributed by atoms with Crippen molar-refractivity contribution in [1.82, 2.24) is 0 Å². The molecule has 0 fully saturated rings. The smallest absolute Gasteiger partial charge is 0.387 e. The number of aryl methyl sites for hydroxylation is 2. The zero-order chi connectivity index (χ0) is 21.5. The summed E-state index contributed by atoms with van der Waals surface area (Å²) < 4.78 is 28.6. The summed E-state index contributed by atoms with van der Waals surface area (Å²) in [7, 11) is 0. The van der Waals surface area contributed by atoms with Crippen LogP contribution >= 0.6 is 11.8 Å². The summed E-state index contributed by atoms with van der Waals surface area (Å²) in [5.74, 6) is 0.0426. The van der Waals surface area contributed by atoms with Crippen molar-refractivity contribution in [3.8, 4) is 5.75 Å². The van der Waals surface area contributed by atoms with Crippen LogP contribution in [0.25, 0.3) is 0 Å². The fraction of sp³-hybridized carbons (Fsp3) is 0.391. The second kappa shape index (κ2) is 10.6. The van der Waals surface area contributed by atoms with Crippen LogP contribution in [0.1, 0.15) is 36.0 Å². The number of amides is 1. The van der Waals surface area contributed by atoms with Gasteiger partial charge in [-0.25, -0.2) is 0 Å². The highest BCUT2D eigenvalue weighted by Gasteiger charge is 2.20. The second-order valence-corrected chi connectivity index (χ2v) is 8.58. The molecule has 30 heavy (non-hydrogen) atoms. The van der Waals surface area contributed by atoms with E-state index in [1.165, 1.54) is 41.0 Å². The third-order valence-electron chi connectivity index (χ3n) is 5.11. The summed E-state index contributed by atoms with van der Waals surface area (Å²) in [4.78, 5) is 24.5. The number of thioether (sulfide) groups is 1. The minimum atomic E-state index is -2.89. The van der Waals surface area contributed by atoms with Crippen molar-refractivity contribution in [3.05, 3.63) is 59.2 Å². The van der Waals surface area contributed by atoms with Gasteiger partial charge >= 0.3 is 6.61 Å². The molecule has 160 valence electrons. The van der Waals surface area contributed by atoms with Gasteiger partial charge in [0.2, 0.25) is 5.91 Å². The van der Waals surface area contributed by atoms with Crippen molar-refractivity contribution in [1.29, 1.82) is 0 Å². The summed E-state index contributed by atoms with van der Waals surface area (Å²) in [6.45, 7) is -0.793. The van der Waals surface area contributed by atoms with Crippen LogP contribution in [-0.4, -0.2) is 23.4 Å². The van der Waals surface area contributed by atoms with E-state index in [4.69, 9.17) is 0 Å². The Balaban J connectivity index is 1.44. The number of alkyl halides is 2. The van der Waals surface area contributed by atoms with E-state index < -0.39 is 6.61 Å². The summed E-state index contributed by atoms with van der Waals surface area (Å²) in [5.41, 5.74) is 4.45. The lowest BCUT2D eigenvalue weighted by Gasteiger charge is -2.14. The first-order valence-electron chi connectivity index (χ1n) is 9.98. The molecule has 7 heteroatoms. The number of anilines is 1. The normalized spacial score (nSPS) is 15.9. The number of fused-ring (bicyclic) bond motifs is 1. The highest BCUT2D eigenvalue weighted by molar-refractivity contribution is 8.14. The fourth-order valence-corrected chi connectivity index (χ4v) is 4.43. The third-order valence-corrected chi connectivity index (χ3v) is 6.01. The average molecular weight is 434 g/mol. The van der Waals surface area contributed by atoms with Crippen molar-refractivity contribution < 1.29 is 23.1 Å². The Bertz CT molecular complexity index is 887. The van der Waals surface area contributed by atoms with Gasteiger partial charge < -0.3 is 10.1 Å². The Morgan fingerprint density at radius 3 is 2.67 bits per heavy atom. The van der Waals surface area contributed by atoms with Crippen LogP contribution in [0.2, 0.25) is 0 Å². The Morgan fingerprint density at radius 2 is 1.93 bits per heavy atom. The van der Waals surface area contributed by atoms with Gasteiger partial charge in [-0.1, -0.05) is 35.5 Å². The van der Waals surface area contributed by atoms with E-state index in [1.54, 1.807) is 0 Å². The summed E-state index contributed by atoms with van der Waals surface area (Å²) in [5, 5.41) is 2.67. The van der Waals surface area contributed by atoms with Crippen molar-refractivity contribution in [2.24, 2.45) is 5.92 Å². The van der Waals surface area contributed by atoms with Gasteiger partial charge in [-0.15, -0.1) is 0 Å². The monoisotopic (exact) mass is 433 g/mol. The molecule has 0 saturated heterocycles. The van der Waals surface area contributed by atoms with E-state index in [0.29, 0.717) is 18.0 Å². The number of ether oxygens (including phenoxy) is 1. The van der Waals surface area contributed by atoms with Gasteiger partial charge in [0.25, 0.3) is 0 Å². The molecular formula is C23H25F2NO3S. The molecule has 2 aromatic carbocycles. The number of carbonyl (C=O) groups is 2. The first-order chi connectivity index (χ1) is 14.4. The zero-order valence-electron chi connectivity index (χ0n) is 16.8. The van der Waals surface area contributed by atoms with Gasteiger partial charge in [-0.2, -0.15) is 8.78 Å². The predicted octanol–water partition coefficient (Wildman–Crippen LogP) is 5.38. The van der Waals surface area contributed by atoms with Gasteiger partial charge in [-0.05, 0) is 73.9 Å². The van der Waals surface area contributed by atoms with Gasteiger partial charge in [0.15, 0.2) is 5.12 Å². The summed E-state index contributed by atoms with van der Waals surface area (Å²) >= 11 is 1.02. The number of halogens is 2. The SMILES string of the molecule is Cc1ccc2c(c1)CCCC(CC(=O)SCC(=O)Nc1ccc(OC(F)F)cc1)C2. The highest BCUT2D eigenvalue weighted by Crippen LogP contribution is 2.29. The number of hydrogen-bond acceptors (Lipinski definition) is 4. The van der Waals surface area contributed by atoms with Crippen LogP contribution in [0, 0.1) is 12.8 Å². The third kappa shape index (κ3) is 6.83. The molecule has 1 atom stereocenters. The molecule has 3 rings (SSSR count). The van der Waals surface area contributed by atoms with E-state index in [9.17, 15) is 18.4 Å². The molecule has 0 aromatic heterocycles. The topological polar surface area (TPSA) is 55.4 Å². The maximum atomic E-state index is 12.4. The van der Waals surface area contributed by atoms with E-state index in [-0.39, 0.29) is 22.5 Å². The van der Waals surface area contributed by atoms with E-state index in [0.717, 1.165) is 37.4 Å². The van der Waals surface area contributed by atoms with Crippen LogP contribution in [0.15, 0.2) is 42.5 Å². The molecule has 0 bridgehead atoms. The maximum Gasteiger partial charge on any atom is 0.387 e. The summed E-state index contributed by atoms with van der Waals surface area (Å²) in [6, 6.07) is 12.2. The predicted molar refractivity (Wildman–Crippen MR) is 115 cm³/mol. The summed E-state index contributed by atoms with van der Waals surface area (Å²) in [6.07, 6.45) is 4.51. The Labute approximate surface area is 179 Å². The van der Waals surface area contributed by atoms with Crippen LogP contribution in [-0.2, 0) is 22.4 Å². The first-order valence-corrected chi connectivity index (χ1v) is 11.0. The fourth-order valence-electron chi connectivity index (χ4n) is 3.71. The lowest BCUT2D eigenvalue weighted by molar-refractivity contribution is -0.115. The van der Waals surface area contributed by atoms with Crippen molar-refractivity contribution in [2.45, 2.75) is 45.6 Å². The molecule has 0 aliphatic heterocycles. The molecule has 1 unspecified atom stereocenters. The second-order valence-electron chi connectivity index (χ2n) is 7.55. The minimum Gasteiger partial charge on any atom is -0.435 e. The van der Waals surface area contributed by atoms with Crippen LogP contribution in [0.4, 0.5) is 14.5 Å². The van der Waals surface area contributed by atoms with Crippen molar-refractivity contribution >= 4 is 28.5 Å². The molecule has 1 amide bonds. The van der Waals surface area contributed by atoms with Gasteiger partial charge in [0.05, 0.1) is 5.75 Å². The Morgan fingerprint density at radius 1 is 1.17 bits per heavy atom. The first kappa shape index (κ1) is 22.3. The number of hydrogen-bond donors (Lipinski definition) is 1. The number of nitrogens with one attached hydrogen (secondary N) is 1. The molecule has 1 aliphatic carbocycles. The van der Waals surface area contributed by atoms with E-state index in [2.05, 4.69) is 35.2 Å².